The first-order chi connectivity index (χ1) is 9.63. The molecule has 0 heterocycles. The molecule has 3 heteroatoms. The Morgan fingerprint density at radius 3 is 2.40 bits per heavy atom. The van der Waals surface area contributed by atoms with E-state index in [1.165, 1.54) is 0 Å². The fourth-order valence-electron chi connectivity index (χ4n) is 2.08. The number of benzene rings is 2. The van der Waals surface area contributed by atoms with Gasteiger partial charge in [0.25, 0.3) is 0 Å². The van der Waals surface area contributed by atoms with Gasteiger partial charge >= 0.3 is 0 Å². The first kappa shape index (κ1) is 14.6. The van der Waals surface area contributed by atoms with Crippen LogP contribution in [0.25, 0.3) is 0 Å². The minimum absolute atomic E-state index is 0.220. The van der Waals surface area contributed by atoms with Gasteiger partial charge in [-0.3, -0.25) is 0 Å². The molecular weight excluding hydrogens is 250 g/mol. The van der Waals surface area contributed by atoms with Crippen LogP contribution in [0.4, 0.5) is 0 Å². The number of hydrogen-bond acceptors (Lipinski definition) is 3. The van der Waals surface area contributed by atoms with Crippen molar-refractivity contribution < 1.29 is 9.84 Å². The molecule has 2 N–H and O–H groups in total. The first-order valence-electron chi connectivity index (χ1n) is 6.77. The zero-order chi connectivity index (χ0) is 14.4. The highest BCUT2D eigenvalue weighted by atomic mass is 16.5. The number of ether oxygens (including phenoxy) is 1. The monoisotopic (exact) mass is 271 g/mol. The van der Waals surface area contributed by atoms with Crippen molar-refractivity contribution >= 4 is 0 Å². The molecule has 0 fully saturated rings. The highest BCUT2D eigenvalue weighted by molar-refractivity contribution is 5.33. The van der Waals surface area contributed by atoms with E-state index in [-0.39, 0.29) is 6.61 Å². The van der Waals surface area contributed by atoms with E-state index >= 15 is 0 Å². The summed E-state index contributed by atoms with van der Waals surface area (Å²) in [6.07, 6.45) is 0. The lowest BCUT2D eigenvalue weighted by molar-refractivity contribution is 0.00729. The predicted octanol–water partition coefficient (Wildman–Crippen LogP) is 2.69. The molecule has 3 nitrogen and oxygen atoms in total. The zero-order valence-electron chi connectivity index (χ0n) is 12.0. The smallest absolute Gasteiger partial charge is 0.123 e. The summed E-state index contributed by atoms with van der Waals surface area (Å²) < 4.78 is 5.82. The summed E-state index contributed by atoms with van der Waals surface area (Å²) in [5, 5.41) is 13.6. The lowest BCUT2D eigenvalue weighted by Crippen LogP contribution is -2.29. The topological polar surface area (TPSA) is 41.5 Å². The van der Waals surface area contributed by atoms with E-state index in [0.29, 0.717) is 0 Å². The van der Waals surface area contributed by atoms with E-state index in [4.69, 9.17) is 4.74 Å². The second-order valence-electron chi connectivity index (χ2n) is 5.07. The Bertz CT molecular complexity index is 538. The van der Waals surface area contributed by atoms with Gasteiger partial charge in [0.2, 0.25) is 0 Å². The minimum atomic E-state index is -1.01. The third-order valence-corrected chi connectivity index (χ3v) is 3.24. The molecule has 2 rings (SSSR count). The lowest BCUT2D eigenvalue weighted by atomic mass is 9.97. The van der Waals surface area contributed by atoms with Gasteiger partial charge in [0, 0.05) is 12.1 Å². The molecule has 2 aromatic carbocycles. The minimum Gasteiger partial charge on any atom is -0.490 e. The maximum atomic E-state index is 10.5. The van der Waals surface area contributed by atoms with Crippen molar-refractivity contribution in [2.75, 3.05) is 13.7 Å². The first-order valence-corrected chi connectivity index (χ1v) is 6.77. The third-order valence-electron chi connectivity index (χ3n) is 3.24. The van der Waals surface area contributed by atoms with Crippen LogP contribution in [0, 0.1) is 0 Å². The summed E-state index contributed by atoms with van der Waals surface area (Å²) in [7, 11) is 1.90. The van der Waals surface area contributed by atoms with Gasteiger partial charge in [-0.1, -0.05) is 48.5 Å². The molecule has 0 spiro atoms. The lowest BCUT2D eigenvalue weighted by Gasteiger charge is -2.24. The second kappa shape index (κ2) is 6.55. The number of hydrogen-bond donors (Lipinski definition) is 2. The van der Waals surface area contributed by atoms with Crippen molar-refractivity contribution in [3.63, 3.8) is 0 Å². The van der Waals surface area contributed by atoms with Crippen LogP contribution in [-0.2, 0) is 12.1 Å². The van der Waals surface area contributed by atoms with Crippen LogP contribution in [0.5, 0.6) is 5.75 Å². The molecule has 0 radical (unpaired) electrons. The van der Waals surface area contributed by atoms with Crippen LogP contribution >= 0.6 is 0 Å². The maximum Gasteiger partial charge on any atom is 0.123 e. The summed E-state index contributed by atoms with van der Waals surface area (Å²) >= 11 is 0. The molecule has 0 aromatic heterocycles. The number of para-hydroxylation sites is 1. The quantitative estimate of drug-likeness (QED) is 0.849. The normalized spacial score (nSPS) is 13.8. The average Bonchev–Trinajstić information content (AvgIpc) is 2.48. The van der Waals surface area contributed by atoms with Crippen LogP contribution in [0.2, 0.25) is 0 Å². The molecule has 0 aliphatic carbocycles. The molecule has 0 saturated carbocycles. The molecule has 20 heavy (non-hydrogen) atoms. The van der Waals surface area contributed by atoms with Gasteiger partial charge in [0.05, 0.1) is 0 Å². The fourth-order valence-corrected chi connectivity index (χ4v) is 2.08. The van der Waals surface area contributed by atoms with Crippen molar-refractivity contribution in [1.29, 1.82) is 0 Å². The largest absolute Gasteiger partial charge is 0.490 e. The summed E-state index contributed by atoms with van der Waals surface area (Å²) in [6, 6.07) is 17.4. The SMILES string of the molecule is CNCc1ccccc1OCC(C)(O)c1ccccc1. The number of nitrogens with one attached hydrogen (secondary N) is 1. The van der Waals surface area contributed by atoms with E-state index in [0.717, 1.165) is 23.4 Å². The third kappa shape index (κ3) is 3.59. The van der Waals surface area contributed by atoms with Gasteiger partial charge in [-0.15, -0.1) is 0 Å². The Balaban J connectivity index is 2.08. The molecule has 0 aliphatic heterocycles. The molecule has 106 valence electrons. The summed E-state index contributed by atoms with van der Waals surface area (Å²) in [4.78, 5) is 0. The summed E-state index contributed by atoms with van der Waals surface area (Å²) in [6.45, 7) is 2.73. The molecular formula is C17H21NO2. The highest BCUT2D eigenvalue weighted by Crippen LogP contribution is 2.24. The standard InChI is InChI=1S/C17H21NO2/c1-17(19,15-9-4-3-5-10-15)13-20-16-11-7-6-8-14(16)12-18-2/h3-11,18-19H,12-13H2,1-2H3. The molecule has 0 bridgehead atoms. The average molecular weight is 271 g/mol. The summed E-state index contributed by atoms with van der Waals surface area (Å²) in [5.74, 6) is 0.804. The van der Waals surface area contributed by atoms with Gasteiger partial charge in [-0.05, 0) is 25.6 Å². The van der Waals surface area contributed by atoms with E-state index in [1.807, 2.05) is 61.6 Å². The Morgan fingerprint density at radius 1 is 1.05 bits per heavy atom. The molecule has 0 aliphatic rings. The van der Waals surface area contributed by atoms with E-state index in [9.17, 15) is 5.11 Å². The van der Waals surface area contributed by atoms with Gasteiger partial charge in [0.1, 0.15) is 18.0 Å². The van der Waals surface area contributed by atoms with Crippen LogP contribution in [0.3, 0.4) is 0 Å². The van der Waals surface area contributed by atoms with Crippen LogP contribution in [0.1, 0.15) is 18.1 Å². The van der Waals surface area contributed by atoms with E-state index < -0.39 is 5.60 Å². The Hall–Kier alpha value is -1.84. The Morgan fingerprint density at radius 2 is 1.70 bits per heavy atom. The Labute approximate surface area is 120 Å². The molecule has 0 amide bonds. The molecule has 1 unspecified atom stereocenters. The maximum absolute atomic E-state index is 10.5. The van der Waals surface area contributed by atoms with Crippen molar-refractivity contribution in [3.05, 3.63) is 65.7 Å². The van der Waals surface area contributed by atoms with Crippen molar-refractivity contribution in [1.82, 2.24) is 5.32 Å². The predicted molar refractivity (Wildman–Crippen MR) is 80.7 cm³/mol. The van der Waals surface area contributed by atoms with Gasteiger partial charge in [0.15, 0.2) is 0 Å². The van der Waals surface area contributed by atoms with Gasteiger partial charge in [-0.25, -0.2) is 0 Å². The van der Waals surface area contributed by atoms with Gasteiger partial charge in [-0.2, -0.15) is 0 Å². The van der Waals surface area contributed by atoms with Crippen LogP contribution < -0.4 is 10.1 Å². The fraction of sp³-hybridized carbons (Fsp3) is 0.294. The molecule has 2 aromatic rings. The zero-order valence-corrected chi connectivity index (χ0v) is 12.0. The van der Waals surface area contributed by atoms with Crippen LogP contribution in [-0.4, -0.2) is 18.8 Å². The van der Waals surface area contributed by atoms with Crippen LogP contribution in [0.15, 0.2) is 54.6 Å². The van der Waals surface area contributed by atoms with E-state index in [2.05, 4.69) is 5.32 Å². The van der Waals surface area contributed by atoms with E-state index in [1.54, 1.807) is 6.92 Å². The van der Waals surface area contributed by atoms with Gasteiger partial charge < -0.3 is 15.2 Å². The molecule has 0 saturated heterocycles. The number of rotatable bonds is 6. The van der Waals surface area contributed by atoms with Crippen molar-refractivity contribution in [2.24, 2.45) is 0 Å². The Kier molecular flexibility index (Phi) is 4.77. The second-order valence-corrected chi connectivity index (χ2v) is 5.07. The molecule has 1 atom stereocenters. The summed E-state index contributed by atoms with van der Waals surface area (Å²) in [5.41, 5.74) is 0.929. The highest BCUT2D eigenvalue weighted by Gasteiger charge is 2.24. The van der Waals surface area contributed by atoms with Crippen molar-refractivity contribution in [2.45, 2.75) is 19.1 Å². The van der Waals surface area contributed by atoms with Crippen molar-refractivity contribution in [3.8, 4) is 5.75 Å². The number of aliphatic hydroxyl groups is 1.